The number of carbonyl (C=O) groups excluding carboxylic acids is 1. The first-order chi connectivity index (χ1) is 6.29. The number of nitrogens with zero attached hydrogens (tertiary/aromatic N) is 1. The summed E-state index contributed by atoms with van der Waals surface area (Å²) in [4.78, 5) is 13.4. The SMILES string of the molecule is CC#CCN1CCC(NCC)C1=O. The molecule has 1 amide bonds. The van der Waals surface area contributed by atoms with E-state index < -0.39 is 0 Å². The number of carbonyl (C=O) groups is 1. The van der Waals surface area contributed by atoms with E-state index in [-0.39, 0.29) is 11.9 Å². The van der Waals surface area contributed by atoms with Gasteiger partial charge in [-0.1, -0.05) is 12.8 Å². The number of nitrogens with one attached hydrogen (secondary N) is 1. The molecule has 1 aliphatic rings. The van der Waals surface area contributed by atoms with Crippen LogP contribution in [0.25, 0.3) is 0 Å². The van der Waals surface area contributed by atoms with E-state index >= 15 is 0 Å². The van der Waals surface area contributed by atoms with Gasteiger partial charge < -0.3 is 10.2 Å². The molecule has 0 aromatic rings. The van der Waals surface area contributed by atoms with Crippen molar-refractivity contribution in [3.8, 4) is 11.8 Å². The van der Waals surface area contributed by atoms with E-state index in [1.165, 1.54) is 0 Å². The van der Waals surface area contributed by atoms with Crippen LogP contribution in [-0.4, -0.2) is 36.5 Å². The van der Waals surface area contributed by atoms with Gasteiger partial charge in [0.05, 0.1) is 12.6 Å². The Morgan fingerprint density at radius 3 is 3.08 bits per heavy atom. The fourth-order valence-corrected chi connectivity index (χ4v) is 1.51. The van der Waals surface area contributed by atoms with Crippen LogP contribution in [0.2, 0.25) is 0 Å². The van der Waals surface area contributed by atoms with Gasteiger partial charge in [-0.05, 0) is 19.9 Å². The van der Waals surface area contributed by atoms with Gasteiger partial charge >= 0.3 is 0 Å². The lowest BCUT2D eigenvalue weighted by Gasteiger charge is -2.13. The largest absolute Gasteiger partial charge is 0.330 e. The van der Waals surface area contributed by atoms with E-state index in [1.807, 2.05) is 11.8 Å². The maximum atomic E-state index is 11.6. The van der Waals surface area contributed by atoms with Crippen LogP contribution in [0.15, 0.2) is 0 Å². The predicted molar refractivity (Wildman–Crippen MR) is 52.1 cm³/mol. The molecular weight excluding hydrogens is 164 g/mol. The second-order valence-corrected chi connectivity index (χ2v) is 3.09. The molecule has 1 atom stereocenters. The minimum absolute atomic E-state index is 0.0312. The number of hydrogen-bond acceptors (Lipinski definition) is 2. The van der Waals surface area contributed by atoms with Gasteiger partial charge in [-0.25, -0.2) is 0 Å². The van der Waals surface area contributed by atoms with E-state index in [4.69, 9.17) is 0 Å². The summed E-state index contributed by atoms with van der Waals surface area (Å²) in [5, 5.41) is 3.16. The zero-order valence-electron chi connectivity index (χ0n) is 8.26. The summed E-state index contributed by atoms with van der Waals surface area (Å²) in [7, 11) is 0. The monoisotopic (exact) mass is 180 g/mol. The Kier molecular flexibility index (Phi) is 3.78. The molecule has 1 unspecified atom stereocenters. The van der Waals surface area contributed by atoms with E-state index in [0.717, 1.165) is 19.5 Å². The first kappa shape index (κ1) is 10.1. The third-order valence-corrected chi connectivity index (χ3v) is 2.19. The average Bonchev–Trinajstić information content (AvgIpc) is 2.46. The summed E-state index contributed by atoms with van der Waals surface area (Å²) in [5.74, 6) is 5.91. The Hall–Kier alpha value is -1.01. The molecular formula is C10H16N2O. The van der Waals surface area contributed by atoms with Gasteiger partial charge in [0, 0.05) is 6.54 Å². The standard InChI is InChI=1S/C10H16N2O/c1-3-5-7-12-8-6-9(10(12)13)11-4-2/h9,11H,4,6-8H2,1-2H3. The molecule has 3 heteroatoms. The predicted octanol–water partition coefficient (Wildman–Crippen LogP) is 0.220. The van der Waals surface area contributed by atoms with E-state index in [0.29, 0.717) is 6.54 Å². The van der Waals surface area contributed by atoms with Crippen LogP contribution < -0.4 is 5.32 Å². The smallest absolute Gasteiger partial charge is 0.240 e. The topological polar surface area (TPSA) is 32.3 Å². The normalized spacial score (nSPS) is 21.5. The Morgan fingerprint density at radius 2 is 2.46 bits per heavy atom. The second-order valence-electron chi connectivity index (χ2n) is 3.09. The van der Waals surface area contributed by atoms with Crippen molar-refractivity contribution >= 4 is 5.91 Å². The molecule has 0 saturated carbocycles. The highest BCUT2D eigenvalue weighted by Crippen LogP contribution is 2.09. The molecule has 3 nitrogen and oxygen atoms in total. The quantitative estimate of drug-likeness (QED) is 0.630. The van der Waals surface area contributed by atoms with Gasteiger partial charge in [0.1, 0.15) is 0 Å². The van der Waals surface area contributed by atoms with E-state index in [9.17, 15) is 4.79 Å². The second kappa shape index (κ2) is 4.88. The molecule has 0 aromatic heterocycles. The molecule has 1 heterocycles. The van der Waals surface area contributed by atoms with Crippen LogP contribution in [0.3, 0.4) is 0 Å². The first-order valence-corrected chi connectivity index (χ1v) is 4.71. The van der Waals surface area contributed by atoms with Crippen molar-refractivity contribution in [3.05, 3.63) is 0 Å². The lowest BCUT2D eigenvalue weighted by molar-refractivity contribution is -0.128. The van der Waals surface area contributed by atoms with Crippen molar-refractivity contribution in [3.63, 3.8) is 0 Å². The summed E-state index contributed by atoms with van der Waals surface area (Å²) in [6.45, 7) is 6.08. The number of hydrogen-bond donors (Lipinski definition) is 1. The van der Waals surface area contributed by atoms with Crippen LogP contribution in [0.5, 0.6) is 0 Å². The highest BCUT2D eigenvalue weighted by molar-refractivity contribution is 5.84. The molecule has 0 spiro atoms. The van der Waals surface area contributed by atoms with Crippen molar-refractivity contribution in [1.82, 2.24) is 10.2 Å². The van der Waals surface area contributed by atoms with Crippen LogP contribution in [0.1, 0.15) is 20.3 Å². The highest BCUT2D eigenvalue weighted by atomic mass is 16.2. The number of amides is 1. The molecule has 1 aliphatic heterocycles. The summed E-state index contributed by atoms with van der Waals surface area (Å²) in [5.41, 5.74) is 0. The Balaban J connectivity index is 2.43. The highest BCUT2D eigenvalue weighted by Gasteiger charge is 2.29. The fraction of sp³-hybridized carbons (Fsp3) is 0.700. The molecule has 1 rings (SSSR count). The van der Waals surface area contributed by atoms with Gasteiger partial charge in [0.25, 0.3) is 0 Å². The molecule has 72 valence electrons. The zero-order chi connectivity index (χ0) is 9.68. The fourth-order valence-electron chi connectivity index (χ4n) is 1.51. The molecule has 1 fully saturated rings. The summed E-state index contributed by atoms with van der Waals surface area (Å²) >= 11 is 0. The average molecular weight is 180 g/mol. The van der Waals surface area contributed by atoms with Crippen LogP contribution in [-0.2, 0) is 4.79 Å². The number of likely N-dealkylation sites (tertiary alicyclic amines) is 1. The van der Waals surface area contributed by atoms with Gasteiger partial charge in [-0.3, -0.25) is 4.79 Å². The molecule has 0 aliphatic carbocycles. The van der Waals surface area contributed by atoms with Crippen molar-refractivity contribution in [2.24, 2.45) is 0 Å². The van der Waals surface area contributed by atoms with Crippen molar-refractivity contribution in [1.29, 1.82) is 0 Å². The van der Waals surface area contributed by atoms with Crippen LogP contribution >= 0.6 is 0 Å². The van der Waals surface area contributed by atoms with Gasteiger partial charge in [0.15, 0.2) is 0 Å². The molecule has 1 saturated heterocycles. The third kappa shape index (κ3) is 2.46. The van der Waals surface area contributed by atoms with Crippen molar-refractivity contribution in [2.75, 3.05) is 19.6 Å². The summed E-state index contributed by atoms with van der Waals surface area (Å²) < 4.78 is 0. The maximum absolute atomic E-state index is 11.6. The molecule has 13 heavy (non-hydrogen) atoms. The number of rotatable bonds is 3. The van der Waals surface area contributed by atoms with Crippen LogP contribution in [0.4, 0.5) is 0 Å². The maximum Gasteiger partial charge on any atom is 0.240 e. The Morgan fingerprint density at radius 1 is 1.69 bits per heavy atom. The third-order valence-electron chi connectivity index (χ3n) is 2.19. The van der Waals surface area contributed by atoms with E-state index in [1.54, 1.807) is 6.92 Å². The van der Waals surface area contributed by atoms with Gasteiger partial charge in [0.2, 0.25) is 5.91 Å². The first-order valence-electron chi connectivity index (χ1n) is 4.71. The minimum atomic E-state index is 0.0312. The lowest BCUT2D eigenvalue weighted by Crippen LogP contribution is -2.38. The minimum Gasteiger partial charge on any atom is -0.330 e. The number of likely N-dealkylation sites (N-methyl/N-ethyl adjacent to an activating group) is 1. The van der Waals surface area contributed by atoms with Gasteiger partial charge in [-0.15, -0.1) is 5.92 Å². The summed E-state index contributed by atoms with van der Waals surface area (Å²) in [6, 6.07) is 0.0312. The Labute approximate surface area is 79.5 Å². The van der Waals surface area contributed by atoms with Crippen molar-refractivity contribution in [2.45, 2.75) is 26.3 Å². The van der Waals surface area contributed by atoms with Crippen molar-refractivity contribution < 1.29 is 4.79 Å². The molecule has 1 N–H and O–H groups in total. The molecule has 0 aromatic carbocycles. The lowest BCUT2D eigenvalue weighted by atomic mass is 10.2. The van der Waals surface area contributed by atoms with Gasteiger partial charge in [-0.2, -0.15) is 0 Å². The Bertz CT molecular complexity index is 239. The molecule has 0 bridgehead atoms. The summed E-state index contributed by atoms with van der Waals surface area (Å²) in [6.07, 6.45) is 0.915. The van der Waals surface area contributed by atoms with Crippen LogP contribution in [0, 0.1) is 11.8 Å². The van der Waals surface area contributed by atoms with E-state index in [2.05, 4.69) is 17.2 Å². The molecule has 0 radical (unpaired) electrons. The zero-order valence-corrected chi connectivity index (χ0v) is 8.26.